The van der Waals surface area contributed by atoms with Gasteiger partial charge in [-0.15, -0.1) is 0 Å². The van der Waals surface area contributed by atoms with Gasteiger partial charge in [0, 0.05) is 73.6 Å². The number of nitrogens with zero attached hydrogens (tertiary/aromatic N) is 3. The van der Waals surface area contributed by atoms with Crippen molar-refractivity contribution in [3.63, 3.8) is 0 Å². The van der Waals surface area contributed by atoms with Gasteiger partial charge in [-0.2, -0.15) is 0 Å². The van der Waals surface area contributed by atoms with Gasteiger partial charge in [0.25, 0.3) is 17.4 Å². The van der Waals surface area contributed by atoms with Crippen molar-refractivity contribution in [1.82, 2.24) is 41.0 Å². The lowest BCUT2D eigenvalue weighted by Gasteiger charge is -2.24. The third kappa shape index (κ3) is 14.4. The molecule has 8 N–H and O–H groups in total. The Morgan fingerprint density at radius 1 is 0.849 bits per heavy atom. The molecule has 3 atom stereocenters. The summed E-state index contributed by atoms with van der Waals surface area (Å²) in [5.74, 6) is -6.15. The molecule has 392 valence electrons. The van der Waals surface area contributed by atoms with Gasteiger partial charge in [-0.1, -0.05) is 13.8 Å². The Balaban J connectivity index is 0.946. The average molecular weight is 1020 g/mol. The van der Waals surface area contributed by atoms with Crippen molar-refractivity contribution in [3.05, 3.63) is 74.3 Å². The molecule has 24 nitrogen and oxygen atoms in total. The summed E-state index contributed by atoms with van der Waals surface area (Å²) in [5.41, 5.74) is 7.24. The number of primary amides is 1. The predicted octanol–water partition coefficient (Wildman–Crippen LogP) is -1.19. The van der Waals surface area contributed by atoms with Crippen LogP contribution in [-0.2, 0) is 81.8 Å². The van der Waals surface area contributed by atoms with Crippen molar-refractivity contribution in [2.24, 2.45) is 11.7 Å². The molecule has 2 aromatic heterocycles. The summed E-state index contributed by atoms with van der Waals surface area (Å²) in [6, 6.07) is 1.93. The van der Waals surface area contributed by atoms with E-state index in [1.54, 1.807) is 13.0 Å². The van der Waals surface area contributed by atoms with E-state index in [2.05, 4.69) is 31.6 Å². The van der Waals surface area contributed by atoms with Gasteiger partial charge in [-0.05, 0) is 48.9 Å². The van der Waals surface area contributed by atoms with Crippen LogP contribution in [0.1, 0.15) is 79.9 Å². The molecule has 1 aromatic carbocycles. The maximum absolute atomic E-state index is 14.8. The highest BCUT2D eigenvalue weighted by Crippen LogP contribution is 2.38. The van der Waals surface area contributed by atoms with E-state index in [1.165, 1.54) is 16.7 Å². The van der Waals surface area contributed by atoms with E-state index >= 15 is 0 Å². The molecule has 6 rings (SSSR count). The molecule has 0 saturated carbocycles. The number of pyridine rings is 2. The van der Waals surface area contributed by atoms with Crippen LogP contribution < -0.4 is 37.9 Å². The molecule has 0 radical (unpaired) electrons. The Morgan fingerprint density at radius 2 is 1.58 bits per heavy atom. The van der Waals surface area contributed by atoms with Crippen LogP contribution in [0, 0.1) is 18.7 Å². The SMILES string of the molecule is Cc1cc2c(CNC(=O)COCNC(=O)[C@H](CCC(N)=O)NC(=O)[C@H](CC(C)C)NC(=O)CCOCCOCCNC(=O)CCN3C(=O)C=CC3=O)c3c(nc2cc1F)-c1cc2c(c(=O)n1C3)COC(=O)[C@H]2O. The van der Waals surface area contributed by atoms with Crippen LogP contribution in [0.2, 0.25) is 0 Å². The normalized spacial score (nSPS) is 15.3. The molecular weight excluding hydrogens is 962 g/mol. The van der Waals surface area contributed by atoms with Gasteiger partial charge in [-0.3, -0.25) is 48.1 Å². The number of carbonyl (C=O) groups is 9. The molecule has 0 saturated heterocycles. The second-order valence-corrected chi connectivity index (χ2v) is 17.8. The van der Waals surface area contributed by atoms with Gasteiger partial charge in [0.1, 0.15) is 37.8 Å². The lowest BCUT2D eigenvalue weighted by molar-refractivity contribution is -0.157. The number of carbonyl (C=O) groups excluding carboxylic acids is 9. The van der Waals surface area contributed by atoms with Crippen LogP contribution in [0.4, 0.5) is 4.39 Å². The number of aromatic nitrogens is 2. The minimum absolute atomic E-state index is 0.0115. The maximum atomic E-state index is 14.8. The number of aryl methyl sites for hydroxylation is 1. The van der Waals surface area contributed by atoms with E-state index < -0.39 is 90.2 Å². The minimum atomic E-state index is -1.68. The molecule has 3 aromatic rings. The van der Waals surface area contributed by atoms with Crippen LogP contribution >= 0.6 is 0 Å². The number of aliphatic hydroxyl groups is 1. The molecule has 0 fully saturated rings. The Kier molecular flexibility index (Phi) is 19.0. The number of esters is 1. The number of hydrogen-bond acceptors (Lipinski definition) is 16. The molecule has 0 spiro atoms. The topological polar surface area (TPSA) is 335 Å². The van der Waals surface area contributed by atoms with E-state index in [0.717, 1.165) is 17.1 Å². The molecule has 0 aliphatic carbocycles. The Hall–Kier alpha value is -7.48. The Labute approximate surface area is 416 Å². The number of fused-ring (bicyclic) bond motifs is 5. The zero-order valence-electron chi connectivity index (χ0n) is 40.5. The average Bonchev–Trinajstić information content (AvgIpc) is 3.87. The van der Waals surface area contributed by atoms with Crippen LogP contribution in [0.5, 0.6) is 0 Å². The van der Waals surface area contributed by atoms with Gasteiger partial charge in [0.2, 0.25) is 35.4 Å². The number of ether oxygens (including phenoxy) is 4. The van der Waals surface area contributed by atoms with Gasteiger partial charge in [-0.25, -0.2) is 14.2 Å². The maximum Gasteiger partial charge on any atom is 0.340 e. The number of rotatable bonds is 27. The highest BCUT2D eigenvalue weighted by Gasteiger charge is 2.35. The number of hydrogen-bond donors (Lipinski definition) is 7. The highest BCUT2D eigenvalue weighted by molar-refractivity contribution is 6.13. The van der Waals surface area contributed by atoms with Crippen molar-refractivity contribution in [1.29, 1.82) is 0 Å². The standard InChI is InChI=1S/C48H58FN9O15/c1-25(2)16-35(54-39(61)9-12-70-14-15-71-13-10-51-38(60)8-11-57-41(63)6-7-42(57)64)46(67)56-33(4-5-37(50)59)45(66)53-24-72-23-40(62)52-20-29-27-17-26(3)32(49)19-34(27)55-43-30(29)21-58-36(43)18-28-31(47(58)68)22-73-48(69)44(28)65/h6-7,17-19,25,33,35,44,65H,4-5,8-16,20-24H2,1-3H3,(H2,50,59)(H,51,60)(H,52,62)(H,53,66)(H,54,61)(H,56,67)/t33-,35-,44-/m0/s1. The largest absolute Gasteiger partial charge is 0.458 e. The molecule has 3 aliphatic heterocycles. The van der Waals surface area contributed by atoms with Crippen molar-refractivity contribution >= 4 is 64.1 Å². The van der Waals surface area contributed by atoms with Crippen molar-refractivity contribution < 1.29 is 71.6 Å². The van der Waals surface area contributed by atoms with Gasteiger partial charge in [0.15, 0.2) is 6.10 Å². The lowest BCUT2D eigenvalue weighted by Crippen LogP contribution is -2.54. The molecule has 5 heterocycles. The molecule has 3 aliphatic rings. The Morgan fingerprint density at radius 3 is 2.29 bits per heavy atom. The fourth-order valence-corrected chi connectivity index (χ4v) is 8.17. The number of nitrogens with one attached hydrogen (secondary N) is 5. The van der Waals surface area contributed by atoms with E-state index in [0.29, 0.717) is 33.5 Å². The second-order valence-electron chi connectivity index (χ2n) is 17.8. The second kappa shape index (κ2) is 25.3. The molecule has 0 bridgehead atoms. The monoisotopic (exact) mass is 1020 g/mol. The summed E-state index contributed by atoms with van der Waals surface area (Å²) in [5, 5.41) is 24.1. The van der Waals surface area contributed by atoms with Gasteiger partial charge >= 0.3 is 5.97 Å². The van der Waals surface area contributed by atoms with Crippen molar-refractivity contribution in [3.8, 4) is 11.4 Å². The lowest BCUT2D eigenvalue weighted by atomic mass is 9.97. The minimum Gasteiger partial charge on any atom is -0.458 e. The van der Waals surface area contributed by atoms with Crippen LogP contribution in [0.15, 0.2) is 35.1 Å². The van der Waals surface area contributed by atoms with E-state index in [-0.39, 0.29) is 120 Å². The third-order valence-corrected chi connectivity index (χ3v) is 11.9. The first-order chi connectivity index (χ1) is 34.8. The number of nitrogens with two attached hydrogens (primary N) is 1. The first-order valence-electron chi connectivity index (χ1n) is 23.5. The first-order valence-corrected chi connectivity index (χ1v) is 23.5. The van der Waals surface area contributed by atoms with Gasteiger partial charge in [0.05, 0.1) is 55.4 Å². The van der Waals surface area contributed by atoms with Crippen molar-refractivity contribution in [2.75, 3.05) is 52.9 Å². The zero-order chi connectivity index (χ0) is 52.9. The van der Waals surface area contributed by atoms with Gasteiger partial charge < -0.3 is 60.9 Å². The van der Waals surface area contributed by atoms with E-state index in [1.807, 2.05) is 13.8 Å². The molecule has 73 heavy (non-hydrogen) atoms. The summed E-state index contributed by atoms with van der Waals surface area (Å²) in [7, 11) is 0. The van der Waals surface area contributed by atoms with Crippen LogP contribution in [0.3, 0.4) is 0 Å². The zero-order valence-corrected chi connectivity index (χ0v) is 40.5. The van der Waals surface area contributed by atoms with E-state index in [4.69, 9.17) is 24.7 Å². The number of aliphatic hydroxyl groups excluding tert-OH is 1. The smallest absolute Gasteiger partial charge is 0.340 e. The van der Waals surface area contributed by atoms with Crippen LogP contribution in [0.25, 0.3) is 22.3 Å². The molecule has 0 unspecified atom stereocenters. The number of imide groups is 1. The fraction of sp³-hybridized carbons (Fsp3) is 0.479. The summed E-state index contributed by atoms with van der Waals surface area (Å²) in [6.45, 7) is 4.33. The predicted molar refractivity (Wildman–Crippen MR) is 252 cm³/mol. The quantitative estimate of drug-likeness (QED) is 0.0160. The first kappa shape index (κ1) is 54.8. The summed E-state index contributed by atoms with van der Waals surface area (Å²) >= 11 is 0. The number of benzene rings is 1. The van der Waals surface area contributed by atoms with E-state index in [9.17, 15) is 57.4 Å². The summed E-state index contributed by atoms with van der Waals surface area (Å²) in [4.78, 5) is 131. The summed E-state index contributed by atoms with van der Waals surface area (Å²) in [6.07, 6.45) is 0.157. The fourth-order valence-electron chi connectivity index (χ4n) is 8.17. The number of amides is 8. The Bertz CT molecular complexity index is 2740. The summed E-state index contributed by atoms with van der Waals surface area (Å²) < 4.78 is 37.5. The number of halogens is 1. The molecular formula is C48H58FN9O15. The molecule has 25 heteroatoms. The van der Waals surface area contributed by atoms with Crippen molar-refractivity contribution in [2.45, 2.75) is 90.8 Å². The highest BCUT2D eigenvalue weighted by atomic mass is 19.1. The van der Waals surface area contributed by atoms with Crippen LogP contribution in [-0.4, -0.2) is 138 Å². The third-order valence-electron chi connectivity index (χ3n) is 11.9. The number of cyclic esters (lactones) is 1. The molecule has 8 amide bonds.